The summed E-state index contributed by atoms with van der Waals surface area (Å²) in [5.74, 6) is 0.662. The number of hydrogen-bond acceptors (Lipinski definition) is 3. The third-order valence-electron chi connectivity index (χ3n) is 3.63. The van der Waals surface area contributed by atoms with Gasteiger partial charge in [0.05, 0.1) is 17.5 Å². The van der Waals surface area contributed by atoms with Gasteiger partial charge in [0.15, 0.2) is 5.96 Å². The molecule has 0 bridgehead atoms. The molecule has 0 fully saturated rings. The van der Waals surface area contributed by atoms with Crippen LogP contribution in [0.4, 0.5) is 5.69 Å². The van der Waals surface area contributed by atoms with Gasteiger partial charge in [-0.2, -0.15) is 0 Å². The molecule has 0 saturated carbocycles. The zero-order chi connectivity index (χ0) is 18.1. The number of rotatable bonds is 7. The number of guanidine groups is 1. The molecule has 0 radical (unpaired) electrons. The molecular formula is C19H23IN4O2. The number of aliphatic imine (C=N–C) groups is 1. The number of nitrogens with one attached hydrogen (secondary N) is 2. The van der Waals surface area contributed by atoms with Gasteiger partial charge >= 0.3 is 0 Å². The molecular weight excluding hydrogens is 443 g/mol. The molecule has 26 heavy (non-hydrogen) atoms. The summed E-state index contributed by atoms with van der Waals surface area (Å²) in [5, 5.41) is 17.2. The summed E-state index contributed by atoms with van der Waals surface area (Å²) in [6.07, 6.45) is 1.76. The molecule has 0 heterocycles. The van der Waals surface area contributed by atoms with Crippen LogP contribution in [0.5, 0.6) is 0 Å². The number of nitro benzene ring substituents is 1. The van der Waals surface area contributed by atoms with Crippen LogP contribution in [0.1, 0.15) is 24.1 Å². The molecule has 0 aromatic heterocycles. The van der Waals surface area contributed by atoms with Crippen molar-refractivity contribution in [2.24, 2.45) is 4.99 Å². The van der Waals surface area contributed by atoms with E-state index < -0.39 is 4.92 Å². The molecule has 0 spiro atoms. The van der Waals surface area contributed by atoms with Gasteiger partial charge < -0.3 is 10.6 Å². The van der Waals surface area contributed by atoms with E-state index >= 15 is 0 Å². The van der Waals surface area contributed by atoms with Gasteiger partial charge in [0, 0.05) is 18.7 Å². The van der Waals surface area contributed by atoms with Crippen molar-refractivity contribution < 1.29 is 4.92 Å². The highest BCUT2D eigenvalue weighted by atomic mass is 127. The minimum absolute atomic E-state index is 0. The third kappa shape index (κ3) is 6.83. The summed E-state index contributed by atoms with van der Waals surface area (Å²) < 4.78 is 0. The first-order valence-corrected chi connectivity index (χ1v) is 8.04. The van der Waals surface area contributed by atoms with Crippen molar-refractivity contribution in [3.05, 3.63) is 88.5 Å². The van der Waals surface area contributed by atoms with Crippen molar-refractivity contribution in [2.75, 3.05) is 6.54 Å². The molecule has 0 aliphatic rings. The third-order valence-corrected chi connectivity index (χ3v) is 3.63. The van der Waals surface area contributed by atoms with Gasteiger partial charge in [0.25, 0.3) is 5.69 Å². The molecule has 0 aliphatic carbocycles. The van der Waals surface area contributed by atoms with E-state index in [1.54, 1.807) is 18.2 Å². The van der Waals surface area contributed by atoms with Crippen molar-refractivity contribution in [3.8, 4) is 0 Å². The monoisotopic (exact) mass is 466 g/mol. The standard InChI is InChI=1S/C19H22N4O2.HI/c1-3-13-20-19(22-15(2)17-7-5-4-6-8-17)21-14-16-9-11-18(12-10-16)23(24)25;/h3-12,15H,1,13-14H2,2H3,(H2,20,21,22);1H. The Labute approximate surface area is 170 Å². The largest absolute Gasteiger partial charge is 0.353 e. The van der Waals surface area contributed by atoms with Crippen LogP contribution in [-0.4, -0.2) is 17.4 Å². The van der Waals surface area contributed by atoms with E-state index in [1.165, 1.54) is 12.1 Å². The molecule has 2 N–H and O–H groups in total. The van der Waals surface area contributed by atoms with E-state index in [-0.39, 0.29) is 35.7 Å². The predicted molar refractivity (Wildman–Crippen MR) is 116 cm³/mol. The summed E-state index contributed by atoms with van der Waals surface area (Å²) in [6, 6.07) is 16.6. The Balaban J connectivity index is 0.00000338. The highest BCUT2D eigenvalue weighted by molar-refractivity contribution is 14.0. The van der Waals surface area contributed by atoms with E-state index in [1.807, 2.05) is 18.2 Å². The molecule has 2 aromatic rings. The first kappa shape index (κ1) is 21.6. The zero-order valence-electron chi connectivity index (χ0n) is 14.6. The maximum absolute atomic E-state index is 10.7. The first-order valence-electron chi connectivity index (χ1n) is 8.04. The fraction of sp³-hybridized carbons (Fsp3) is 0.211. The van der Waals surface area contributed by atoms with Crippen LogP contribution in [0.25, 0.3) is 0 Å². The first-order chi connectivity index (χ1) is 12.1. The van der Waals surface area contributed by atoms with Crippen molar-refractivity contribution in [3.63, 3.8) is 0 Å². The van der Waals surface area contributed by atoms with E-state index in [4.69, 9.17) is 0 Å². The Bertz CT molecular complexity index is 733. The Kier molecular flexibility index (Phi) is 9.35. The average Bonchev–Trinajstić information content (AvgIpc) is 2.64. The van der Waals surface area contributed by atoms with Crippen LogP contribution in [0, 0.1) is 10.1 Å². The lowest BCUT2D eigenvalue weighted by Crippen LogP contribution is -2.38. The molecule has 1 unspecified atom stereocenters. The lowest BCUT2D eigenvalue weighted by Gasteiger charge is -2.18. The van der Waals surface area contributed by atoms with Crippen LogP contribution in [0.15, 0.2) is 72.2 Å². The zero-order valence-corrected chi connectivity index (χ0v) is 16.9. The number of nitro groups is 1. The fourth-order valence-electron chi connectivity index (χ4n) is 2.24. The topological polar surface area (TPSA) is 79.6 Å². The smallest absolute Gasteiger partial charge is 0.269 e. The molecule has 2 rings (SSSR count). The number of hydrogen-bond donors (Lipinski definition) is 2. The molecule has 0 amide bonds. The lowest BCUT2D eigenvalue weighted by molar-refractivity contribution is -0.384. The second kappa shape index (κ2) is 11.2. The molecule has 6 nitrogen and oxygen atoms in total. The van der Waals surface area contributed by atoms with Crippen molar-refractivity contribution in [1.29, 1.82) is 0 Å². The Morgan fingerprint density at radius 2 is 1.88 bits per heavy atom. The van der Waals surface area contributed by atoms with Crippen molar-refractivity contribution in [2.45, 2.75) is 19.5 Å². The van der Waals surface area contributed by atoms with Crippen LogP contribution in [0.2, 0.25) is 0 Å². The van der Waals surface area contributed by atoms with Crippen molar-refractivity contribution in [1.82, 2.24) is 10.6 Å². The number of non-ortho nitro benzene ring substituents is 1. The number of halogens is 1. The van der Waals surface area contributed by atoms with Gasteiger partial charge in [-0.05, 0) is 18.1 Å². The van der Waals surface area contributed by atoms with Gasteiger partial charge in [-0.3, -0.25) is 10.1 Å². The number of benzene rings is 2. The molecule has 138 valence electrons. The minimum Gasteiger partial charge on any atom is -0.353 e. The molecule has 0 aliphatic heterocycles. The van der Waals surface area contributed by atoms with Crippen LogP contribution >= 0.6 is 24.0 Å². The molecule has 1 atom stereocenters. The van der Waals surface area contributed by atoms with E-state index in [2.05, 4.69) is 41.3 Å². The van der Waals surface area contributed by atoms with Crippen LogP contribution < -0.4 is 10.6 Å². The van der Waals surface area contributed by atoms with Crippen LogP contribution in [0.3, 0.4) is 0 Å². The predicted octanol–water partition coefficient (Wildman–Crippen LogP) is 4.20. The number of nitrogens with zero attached hydrogens (tertiary/aromatic N) is 2. The van der Waals surface area contributed by atoms with Crippen molar-refractivity contribution >= 4 is 35.6 Å². The van der Waals surface area contributed by atoms with E-state index in [0.717, 1.165) is 11.1 Å². The average molecular weight is 466 g/mol. The highest BCUT2D eigenvalue weighted by Gasteiger charge is 2.08. The summed E-state index contributed by atoms with van der Waals surface area (Å²) in [5.41, 5.74) is 2.14. The fourth-order valence-corrected chi connectivity index (χ4v) is 2.24. The Hall–Kier alpha value is -2.42. The molecule has 7 heteroatoms. The normalized spacial score (nSPS) is 11.8. The summed E-state index contributed by atoms with van der Waals surface area (Å²) >= 11 is 0. The van der Waals surface area contributed by atoms with Gasteiger partial charge in [-0.25, -0.2) is 4.99 Å². The maximum Gasteiger partial charge on any atom is 0.269 e. The van der Waals surface area contributed by atoms with E-state index in [0.29, 0.717) is 19.0 Å². The second-order valence-electron chi connectivity index (χ2n) is 5.53. The maximum atomic E-state index is 10.7. The quantitative estimate of drug-likeness (QED) is 0.160. The second-order valence-corrected chi connectivity index (χ2v) is 5.53. The Morgan fingerprint density at radius 3 is 2.46 bits per heavy atom. The van der Waals surface area contributed by atoms with Crippen LogP contribution in [-0.2, 0) is 6.54 Å². The van der Waals surface area contributed by atoms with E-state index in [9.17, 15) is 10.1 Å². The highest BCUT2D eigenvalue weighted by Crippen LogP contribution is 2.13. The minimum atomic E-state index is -0.410. The van der Waals surface area contributed by atoms with Gasteiger partial charge in [-0.1, -0.05) is 48.5 Å². The van der Waals surface area contributed by atoms with Gasteiger partial charge in [0.1, 0.15) is 0 Å². The molecule has 2 aromatic carbocycles. The van der Waals surface area contributed by atoms with Gasteiger partial charge in [0.2, 0.25) is 0 Å². The Morgan fingerprint density at radius 1 is 1.23 bits per heavy atom. The SMILES string of the molecule is C=CCNC(=NCc1ccc([N+](=O)[O-])cc1)NC(C)c1ccccc1.I. The van der Waals surface area contributed by atoms with Gasteiger partial charge in [-0.15, -0.1) is 30.6 Å². The lowest BCUT2D eigenvalue weighted by atomic mass is 10.1. The summed E-state index contributed by atoms with van der Waals surface area (Å²) in [4.78, 5) is 14.8. The molecule has 0 saturated heterocycles. The summed E-state index contributed by atoms with van der Waals surface area (Å²) in [6.45, 7) is 6.78. The summed E-state index contributed by atoms with van der Waals surface area (Å²) in [7, 11) is 0.